The van der Waals surface area contributed by atoms with Gasteiger partial charge in [0.1, 0.15) is 28.6 Å². The highest BCUT2D eigenvalue weighted by atomic mass is 79.9. The topological polar surface area (TPSA) is 54.0 Å². The van der Waals surface area contributed by atoms with Crippen LogP contribution in [-0.2, 0) is 17.6 Å². The molecule has 0 aliphatic rings. The summed E-state index contributed by atoms with van der Waals surface area (Å²) < 4.78 is 24.4. The summed E-state index contributed by atoms with van der Waals surface area (Å²) in [6, 6.07) is 17.0. The number of carbonyl (C=O) groups is 1. The first-order chi connectivity index (χ1) is 17.0. The van der Waals surface area contributed by atoms with Gasteiger partial charge >= 0.3 is 5.97 Å². The Bertz CT molecular complexity index is 1140. The van der Waals surface area contributed by atoms with Crippen LogP contribution in [0.5, 0.6) is 23.0 Å². The van der Waals surface area contributed by atoms with Crippen molar-refractivity contribution in [3.8, 4) is 23.0 Å². The van der Waals surface area contributed by atoms with Gasteiger partial charge in [0.05, 0.1) is 20.3 Å². The number of ether oxygens (including phenoxy) is 4. The highest BCUT2D eigenvalue weighted by molar-refractivity contribution is 9.10. The second kappa shape index (κ2) is 13.2. The summed E-state index contributed by atoms with van der Waals surface area (Å²) in [4.78, 5) is 12.1. The third-order valence-corrected chi connectivity index (χ3v) is 6.48. The van der Waals surface area contributed by atoms with Crippen LogP contribution in [0.25, 0.3) is 0 Å². The first kappa shape index (κ1) is 26.6. The molecule has 35 heavy (non-hydrogen) atoms. The maximum absolute atomic E-state index is 12.1. The van der Waals surface area contributed by atoms with Gasteiger partial charge in [-0.2, -0.15) is 0 Å². The van der Waals surface area contributed by atoms with E-state index in [4.69, 9.17) is 18.9 Å². The zero-order valence-electron chi connectivity index (χ0n) is 20.9. The predicted molar refractivity (Wildman–Crippen MR) is 142 cm³/mol. The molecule has 0 saturated heterocycles. The van der Waals surface area contributed by atoms with Crippen molar-refractivity contribution in [2.75, 3.05) is 20.3 Å². The monoisotopic (exact) mass is 540 g/mol. The number of halogens is 1. The Morgan fingerprint density at radius 3 is 2.29 bits per heavy atom. The van der Waals surface area contributed by atoms with Crippen LogP contribution < -0.4 is 14.2 Å². The van der Waals surface area contributed by atoms with Gasteiger partial charge in [-0.05, 0) is 67.3 Å². The van der Waals surface area contributed by atoms with Gasteiger partial charge in [-0.25, -0.2) is 4.79 Å². The van der Waals surface area contributed by atoms with Gasteiger partial charge in [0.2, 0.25) is 0 Å². The Balaban J connectivity index is 1.67. The second-order valence-corrected chi connectivity index (χ2v) is 9.04. The molecule has 0 aromatic heterocycles. The summed E-state index contributed by atoms with van der Waals surface area (Å²) in [5.41, 5.74) is 3.71. The van der Waals surface area contributed by atoms with E-state index in [1.165, 1.54) is 12.7 Å². The maximum atomic E-state index is 12.1. The summed E-state index contributed by atoms with van der Waals surface area (Å²) in [7, 11) is 1.36. The van der Waals surface area contributed by atoms with E-state index in [0.717, 1.165) is 52.8 Å². The first-order valence-electron chi connectivity index (χ1n) is 12.0. The number of methoxy groups -OCH3 is 1. The lowest BCUT2D eigenvalue weighted by atomic mass is 10.1. The molecular formula is C29H33BrO5. The fourth-order valence-electron chi connectivity index (χ4n) is 3.76. The fraction of sp³-hybridized carbons (Fsp3) is 0.345. The lowest BCUT2D eigenvalue weighted by molar-refractivity contribution is 0.0598. The summed E-state index contributed by atoms with van der Waals surface area (Å²) in [6.07, 6.45) is 3.39. The summed E-state index contributed by atoms with van der Waals surface area (Å²) in [5, 5.41) is 0. The van der Waals surface area contributed by atoms with E-state index in [1.807, 2.05) is 24.3 Å². The van der Waals surface area contributed by atoms with E-state index in [-0.39, 0.29) is 0 Å². The van der Waals surface area contributed by atoms with Gasteiger partial charge < -0.3 is 18.9 Å². The Hall–Kier alpha value is -2.99. The molecule has 0 N–H and O–H groups in total. The lowest BCUT2D eigenvalue weighted by Crippen LogP contribution is -2.08. The molecule has 0 bridgehead atoms. The molecule has 0 unspecified atom stereocenters. The number of benzene rings is 3. The average molecular weight is 541 g/mol. The zero-order chi connectivity index (χ0) is 25.2. The maximum Gasteiger partial charge on any atom is 0.341 e. The smallest absolute Gasteiger partial charge is 0.341 e. The van der Waals surface area contributed by atoms with Gasteiger partial charge in [-0.1, -0.05) is 54.4 Å². The van der Waals surface area contributed by atoms with Gasteiger partial charge in [0.25, 0.3) is 0 Å². The number of carbonyl (C=O) groups excluding carboxylic acids is 1. The molecule has 0 heterocycles. The number of para-hydroxylation sites is 1. The van der Waals surface area contributed by atoms with Crippen molar-refractivity contribution in [2.24, 2.45) is 0 Å². The molecule has 0 aliphatic heterocycles. The number of rotatable bonds is 12. The largest absolute Gasteiger partial charge is 0.493 e. The molecule has 0 radical (unpaired) electrons. The molecule has 0 saturated carbocycles. The molecule has 0 atom stereocenters. The summed E-state index contributed by atoms with van der Waals surface area (Å²) >= 11 is 3.59. The van der Waals surface area contributed by atoms with Gasteiger partial charge in [-0.15, -0.1) is 0 Å². The minimum absolute atomic E-state index is 0.385. The van der Waals surface area contributed by atoms with E-state index in [2.05, 4.69) is 48.8 Å². The van der Waals surface area contributed by atoms with Crippen molar-refractivity contribution in [1.82, 2.24) is 0 Å². The third kappa shape index (κ3) is 7.01. The molecular weight excluding hydrogens is 508 g/mol. The minimum Gasteiger partial charge on any atom is -0.493 e. The van der Waals surface area contributed by atoms with Crippen molar-refractivity contribution in [1.29, 1.82) is 0 Å². The van der Waals surface area contributed by atoms with Crippen LogP contribution >= 0.6 is 15.9 Å². The number of hydrogen-bond acceptors (Lipinski definition) is 5. The minimum atomic E-state index is -0.433. The fourth-order valence-corrected chi connectivity index (χ4v) is 4.15. The normalized spacial score (nSPS) is 10.7. The van der Waals surface area contributed by atoms with E-state index in [0.29, 0.717) is 30.3 Å². The molecule has 3 aromatic rings. The van der Waals surface area contributed by atoms with E-state index >= 15 is 0 Å². The molecule has 5 nitrogen and oxygen atoms in total. The first-order valence-corrected chi connectivity index (χ1v) is 12.8. The number of aryl methyl sites for hydroxylation is 2. The Kier molecular flexibility index (Phi) is 10.0. The molecule has 186 valence electrons. The number of hydrogen-bond donors (Lipinski definition) is 0. The van der Waals surface area contributed by atoms with Crippen LogP contribution in [0.3, 0.4) is 0 Å². The van der Waals surface area contributed by atoms with Crippen molar-refractivity contribution < 1.29 is 23.7 Å². The van der Waals surface area contributed by atoms with Crippen LogP contribution in [-0.4, -0.2) is 26.3 Å². The highest BCUT2D eigenvalue weighted by Gasteiger charge is 2.16. The van der Waals surface area contributed by atoms with Crippen LogP contribution in [0.15, 0.2) is 59.1 Å². The third-order valence-electron chi connectivity index (χ3n) is 5.63. The standard InChI is InChI=1S/C29H33BrO5/c1-5-11-22-25(33-16-10-17-34-28-18-20(3)24(30)19-21(28)6-2)14-9-15-26(22)35-27-13-8-7-12-23(27)29(31)32-4/h7-9,12-15,18-19H,5-6,10-11,16-17H2,1-4H3. The molecule has 0 spiro atoms. The Morgan fingerprint density at radius 1 is 0.886 bits per heavy atom. The predicted octanol–water partition coefficient (Wildman–Crippen LogP) is 7.70. The van der Waals surface area contributed by atoms with Crippen LogP contribution in [0.4, 0.5) is 0 Å². The summed E-state index contributed by atoms with van der Waals surface area (Å²) in [6.45, 7) is 7.40. The van der Waals surface area contributed by atoms with Gasteiger partial charge in [0.15, 0.2) is 0 Å². The van der Waals surface area contributed by atoms with E-state index < -0.39 is 5.97 Å². The van der Waals surface area contributed by atoms with Crippen LogP contribution in [0.1, 0.15) is 53.7 Å². The van der Waals surface area contributed by atoms with Crippen LogP contribution in [0.2, 0.25) is 0 Å². The van der Waals surface area contributed by atoms with Crippen molar-refractivity contribution >= 4 is 21.9 Å². The molecule has 3 rings (SSSR count). The molecule has 0 amide bonds. The lowest BCUT2D eigenvalue weighted by Gasteiger charge is -2.17. The van der Waals surface area contributed by atoms with Gasteiger partial charge in [0, 0.05) is 16.5 Å². The number of esters is 1. The average Bonchev–Trinajstić information content (AvgIpc) is 2.87. The Labute approximate surface area is 216 Å². The van der Waals surface area contributed by atoms with Crippen LogP contribution in [0, 0.1) is 6.92 Å². The van der Waals surface area contributed by atoms with Crippen molar-refractivity contribution in [3.63, 3.8) is 0 Å². The molecule has 0 fully saturated rings. The second-order valence-electron chi connectivity index (χ2n) is 8.19. The van der Waals surface area contributed by atoms with E-state index in [9.17, 15) is 4.79 Å². The quantitative estimate of drug-likeness (QED) is 0.174. The summed E-state index contributed by atoms with van der Waals surface area (Å²) in [5.74, 6) is 2.42. The highest BCUT2D eigenvalue weighted by Crippen LogP contribution is 2.35. The van der Waals surface area contributed by atoms with E-state index in [1.54, 1.807) is 18.2 Å². The van der Waals surface area contributed by atoms with Crippen molar-refractivity contribution in [3.05, 3.63) is 81.3 Å². The Morgan fingerprint density at radius 2 is 1.57 bits per heavy atom. The molecule has 6 heteroatoms. The van der Waals surface area contributed by atoms with Crippen molar-refractivity contribution in [2.45, 2.75) is 46.5 Å². The SMILES string of the molecule is CCCc1c(OCCCOc2cc(C)c(Br)cc2CC)cccc1Oc1ccccc1C(=O)OC. The molecule has 3 aromatic carbocycles. The zero-order valence-corrected chi connectivity index (χ0v) is 22.4. The van der Waals surface area contributed by atoms with Gasteiger partial charge in [-0.3, -0.25) is 0 Å². The molecule has 0 aliphatic carbocycles.